The minimum Gasteiger partial charge on any atom is -0.334 e. The zero-order chi connectivity index (χ0) is 14.0. The van der Waals surface area contributed by atoms with Gasteiger partial charge in [0.1, 0.15) is 0 Å². The molecule has 4 atom stereocenters. The maximum absolute atomic E-state index is 12.6. The molecule has 1 amide bonds. The van der Waals surface area contributed by atoms with E-state index in [1.54, 1.807) is 0 Å². The molecular weight excluding hydrogens is 224 g/mol. The van der Waals surface area contributed by atoms with Crippen molar-refractivity contribution in [1.82, 2.24) is 9.80 Å². The highest BCUT2D eigenvalue weighted by Crippen LogP contribution is 2.24. The second kappa shape index (κ2) is 5.87. The fourth-order valence-electron chi connectivity index (χ4n) is 2.96. The van der Waals surface area contributed by atoms with Crippen molar-refractivity contribution in [2.24, 2.45) is 5.92 Å². The van der Waals surface area contributed by atoms with Gasteiger partial charge in [-0.05, 0) is 41.2 Å². The molecule has 1 aliphatic heterocycles. The van der Waals surface area contributed by atoms with Crippen LogP contribution in [-0.2, 0) is 4.79 Å². The Hall–Kier alpha value is -0.830. The van der Waals surface area contributed by atoms with E-state index >= 15 is 0 Å². The third kappa shape index (κ3) is 3.14. The van der Waals surface area contributed by atoms with Crippen LogP contribution in [0.2, 0.25) is 0 Å². The van der Waals surface area contributed by atoms with E-state index in [1.807, 2.05) is 13.8 Å². The third-order valence-electron chi connectivity index (χ3n) is 4.19. The Kier molecular flexibility index (Phi) is 4.97. The molecule has 1 rings (SSSR count). The minimum atomic E-state index is 0.0445. The standard InChI is InChI=1S/C15H28N2O/c1-10(2)8-11(3)15(18)17-12(4)9-16(7)13(5)14(17)6/h11-14H,1,8-9H2,2-7H3. The Morgan fingerprint density at radius 2 is 1.89 bits per heavy atom. The van der Waals surface area contributed by atoms with Gasteiger partial charge in [0, 0.05) is 30.6 Å². The second-order valence-electron chi connectivity index (χ2n) is 6.08. The van der Waals surface area contributed by atoms with Gasteiger partial charge in [0.2, 0.25) is 5.91 Å². The molecule has 0 saturated carbocycles. The third-order valence-corrected chi connectivity index (χ3v) is 4.19. The highest BCUT2D eigenvalue weighted by molar-refractivity contribution is 5.79. The van der Waals surface area contributed by atoms with Crippen molar-refractivity contribution in [3.8, 4) is 0 Å². The van der Waals surface area contributed by atoms with Gasteiger partial charge in [0.05, 0.1) is 0 Å². The number of amides is 1. The van der Waals surface area contributed by atoms with Gasteiger partial charge in [-0.25, -0.2) is 0 Å². The number of allylic oxidation sites excluding steroid dienone is 1. The Bertz CT molecular complexity index is 326. The average molecular weight is 252 g/mol. The van der Waals surface area contributed by atoms with Gasteiger partial charge in [0.25, 0.3) is 0 Å². The van der Waals surface area contributed by atoms with E-state index in [-0.39, 0.29) is 17.9 Å². The molecule has 4 unspecified atom stereocenters. The van der Waals surface area contributed by atoms with E-state index in [9.17, 15) is 4.79 Å². The van der Waals surface area contributed by atoms with Crippen LogP contribution in [0.5, 0.6) is 0 Å². The van der Waals surface area contributed by atoms with Gasteiger partial charge in [-0.3, -0.25) is 9.69 Å². The molecule has 0 N–H and O–H groups in total. The van der Waals surface area contributed by atoms with Crippen LogP contribution in [-0.4, -0.2) is 47.4 Å². The van der Waals surface area contributed by atoms with E-state index in [0.717, 1.165) is 18.5 Å². The normalized spacial score (nSPS) is 31.2. The lowest BCUT2D eigenvalue weighted by atomic mass is 9.95. The summed E-state index contributed by atoms with van der Waals surface area (Å²) in [5.41, 5.74) is 1.08. The van der Waals surface area contributed by atoms with Crippen LogP contribution < -0.4 is 0 Å². The van der Waals surface area contributed by atoms with Crippen molar-refractivity contribution >= 4 is 5.91 Å². The lowest BCUT2D eigenvalue weighted by Gasteiger charge is -2.48. The van der Waals surface area contributed by atoms with Gasteiger partial charge in [-0.2, -0.15) is 0 Å². The van der Waals surface area contributed by atoms with Crippen LogP contribution in [0.15, 0.2) is 12.2 Å². The van der Waals surface area contributed by atoms with Crippen LogP contribution in [0, 0.1) is 5.92 Å². The first-order chi connectivity index (χ1) is 8.25. The van der Waals surface area contributed by atoms with Crippen LogP contribution in [0.3, 0.4) is 0 Å². The summed E-state index contributed by atoms with van der Waals surface area (Å²) in [6.45, 7) is 15.4. The van der Waals surface area contributed by atoms with Gasteiger partial charge in [-0.15, -0.1) is 6.58 Å². The lowest BCUT2D eigenvalue weighted by Crippen LogP contribution is -2.62. The number of hydrogen-bond donors (Lipinski definition) is 0. The molecule has 0 bridgehead atoms. The zero-order valence-corrected chi connectivity index (χ0v) is 12.7. The molecule has 1 heterocycles. The molecule has 0 aromatic carbocycles. The first-order valence-corrected chi connectivity index (χ1v) is 6.92. The van der Waals surface area contributed by atoms with Crippen LogP contribution in [0.25, 0.3) is 0 Å². The summed E-state index contributed by atoms with van der Waals surface area (Å²) in [6, 6.07) is 0.988. The van der Waals surface area contributed by atoms with Crippen LogP contribution in [0.1, 0.15) is 41.0 Å². The van der Waals surface area contributed by atoms with Gasteiger partial charge in [0.15, 0.2) is 0 Å². The van der Waals surface area contributed by atoms with E-state index in [1.165, 1.54) is 0 Å². The van der Waals surface area contributed by atoms with Crippen molar-refractivity contribution in [2.75, 3.05) is 13.6 Å². The van der Waals surface area contributed by atoms with Crippen LogP contribution >= 0.6 is 0 Å². The van der Waals surface area contributed by atoms with Crippen molar-refractivity contribution in [3.63, 3.8) is 0 Å². The van der Waals surface area contributed by atoms with E-state index in [2.05, 4.69) is 44.2 Å². The number of likely N-dealkylation sites (N-methyl/N-ethyl adjacent to an activating group) is 1. The van der Waals surface area contributed by atoms with Crippen molar-refractivity contribution < 1.29 is 4.79 Å². The first-order valence-electron chi connectivity index (χ1n) is 6.92. The number of nitrogens with zero attached hydrogens (tertiary/aromatic N) is 2. The smallest absolute Gasteiger partial charge is 0.226 e. The molecule has 1 fully saturated rings. The average Bonchev–Trinajstić information content (AvgIpc) is 2.25. The predicted octanol–water partition coefficient (Wildman–Crippen LogP) is 2.53. The first kappa shape index (κ1) is 15.2. The monoisotopic (exact) mass is 252 g/mol. The topological polar surface area (TPSA) is 23.6 Å². The van der Waals surface area contributed by atoms with Crippen molar-refractivity contribution in [2.45, 2.75) is 59.2 Å². The highest BCUT2D eigenvalue weighted by Gasteiger charge is 2.37. The number of piperazine rings is 1. The summed E-state index contributed by atoms with van der Waals surface area (Å²) < 4.78 is 0. The largest absolute Gasteiger partial charge is 0.334 e. The molecule has 18 heavy (non-hydrogen) atoms. The Labute approximate surface area is 112 Å². The second-order valence-corrected chi connectivity index (χ2v) is 6.08. The minimum absolute atomic E-state index is 0.0445. The fraction of sp³-hybridized carbons (Fsp3) is 0.800. The number of carbonyl (C=O) groups is 1. The molecule has 0 radical (unpaired) electrons. The summed E-state index contributed by atoms with van der Waals surface area (Å²) in [4.78, 5) is 17.0. The molecule has 3 nitrogen and oxygen atoms in total. The Balaban J connectivity index is 2.80. The van der Waals surface area contributed by atoms with E-state index in [4.69, 9.17) is 0 Å². The van der Waals surface area contributed by atoms with E-state index < -0.39 is 0 Å². The Morgan fingerprint density at radius 1 is 1.33 bits per heavy atom. The summed E-state index contributed by atoms with van der Waals surface area (Å²) in [6.07, 6.45) is 0.791. The van der Waals surface area contributed by atoms with Crippen LogP contribution in [0.4, 0.5) is 0 Å². The molecule has 1 saturated heterocycles. The Morgan fingerprint density at radius 3 is 2.39 bits per heavy atom. The number of hydrogen-bond acceptors (Lipinski definition) is 2. The molecule has 0 aliphatic carbocycles. The molecule has 1 aliphatic rings. The van der Waals surface area contributed by atoms with Gasteiger partial charge >= 0.3 is 0 Å². The maximum Gasteiger partial charge on any atom is 0.226 e. The molecule has 0 spiro atoms. The molecular formula is C15H28N2O. The summed E-state index contributed by atoms with van der Waals surface area (Å²) in [7, 11) is 2.14. The summed E-state index contributed by atoms with van der Waals surface area (Å²) >= 11 is 0. The van der Waals surface area contributed by atoms with Crippen molar-refractivity contribution in [3.05, 3.63) is 12.2 Å². The highest BCUT2D eigenvalue weighted by atomic mass is 16.2. The lowest BCUT2D eigenvalue weighted by molar-refractivity contribution is -0.144. The molecule has 3 heteroatoms. The maximum atomic E-state index is 12.6. The fourth-order valence-corrected chi connectivity index (χ4v) is 2.96. The molecule has 0 aromatic rings. The van der Waals surface area contributed by atoms with Gasteiger partial charge in [-0.1, -0.05) is 12.5 Å². The summed E-state index contributed by atoms with van der Waals surface area (Å²) in [5, 5.41) is 0. The molecule has 104 valence electrons. The number of carbonyl (C=O) groups excluding carboxylic acids is 1. The van der Waals surface area contributed by atoms with E-state index in [0.29, 0.717) is 12.1 Å². The number of rotatable bonds is 3. The zero-order valence-electron chi connectivity index (χ0n) is 12.7. The van der Waals surface area contributed by atoms with Crippen molar-refractivity contribution in [1.29, 1.82) is 0 Å². The van der Waals surface area contributed by atoms with Gasteiger partial charge < -0.3 is 4.90 Å². The quantitative estimate of drug-likeness (QED) is 0.721. The SMILES string of the molecule is C=C(C)CC(C)C(=O)N1C(C)CN(C)C(C)C1C. The molecule has 0 aromatic heterocycles. The summed E-state index contributed by atoms with van der Waals surface area (Å²) in [5.74, 6) is 0.320. The predicted molar refractivity (Wildman–Crippen MR) is 76.5 cm³/mol.